The predicted octanol–water partition coefficient (Wildman–Crippen LogP) is 8.64. The number of aromatic nitrogens is 1. The molecule has 0 bridgehead atoms. The quantitative estimate of drug-likeness (QED) is 0.159. The number of carbonyl (C=O) groups excluding carboxylic acids is 2. The summed E-state index contributed by atoms with van der Waals surface area (Å²) in [5, 5.41) is 10.8. The predicted molar refractivity (Wildman–Crippen MR) is 213 cm³/mol. The number of ether oxygens (including phenoxy) is 3. The highest BCUT2D eigenvalue weighted by Gasteiger charge is 2.36. The molecular formula is C44H42ClF3N4O6. The SMILES string of the molecule is COc1ccc(N(C(=O)c2cc(-c3ccccc3C(=O)N3Cc4cccc(Cl)c4C[C@H]3CN3CCOCC3)n3c2CCCC3)c2ccc(O)cc2)cc1OC(F)(F)F. The van der Waals surface area contributed by atoms with Crippen molar-refractivity contribution in [3.8, 4) is 28.5 Å². The van der Waals surface area contributed by atoms with Crippen LogP contribution in [0.5, 0.6) is 17.2 Å². The van der Waals surface area contributed by atoms with Gasteiger partial charge in [-0.2, -0.15) is 0 Å². The van der Waals surface area contributed by atoms with E-state index < -0.39 is 18.0 Å². The molecule has 1 fully saturated rings. The molecule has 0 spiro atoms. The highest BCUT2D eigenvalue weighted by Crippen LogP contribution is 2.41. The topological polar surface area (TPSA) is 96.7 Å². The number of halogens is 4. The number of phenols is 1. The summed E-state index contributed by atoms with van der Waals surface area (Å²) in [5.41, 5.74) is 5.37. The van der Waals surface area contributed by atoms with Crippen LogP contribution in [-0.2, 0) is 30.7 Å². The average Bonchev–Trinajstić information content (AvgIpc) is 3.61. The van der Waals surface area contributed by atoms with Crippen molar-refractivity contribution in [1.29, 1.82) is 0 Å². The van der Waals surface area contributed by atoms with Gasteiger partial charge in [0.1, 0.15) is 5.75 Å². The number of anilines is 2. The van der Waals surface area contributed by atoms with Crippen LogP contribution in [0.25, 0.3) is 11.3 Å². The Hall–Kier alpha value is -5.50. The van der Waals surface area contributed by atoms with Crippen LogP contribution >= 0.6 is 11.6 Å². The molecule has 3 aliphatic heterocycles. The van der Waals surface area contributed by atoms with Crippen LogP contribution in [0.4, 0.5) is 24.5 Å². The Balaban J connectivity index is 1.20. The fourth-order valence-electron chi connectivity index (χ4n) is 8.37. The first-order valence-corrected chi connectivity index (χ1v) is 19.6. The van der Waals surface area contributed by atoms with Crippen LogP contribution in [-0.4, -0.2) is 83.6 Å². The summed E-state index contributed by atoms with van der Waals surface area (Å²) in [4.78, 5) is 35.5. The van der Waals surface area contributed by atoms with Crippen LogP contribution in [0.1, 0.15) is 50.4 Å². The second-order valence-corrected chi connectivity index (χ2v) is 15.1. The largest absolute Gasteiger partial charge is 0.573 e. The molecule has 10 nitrogen and oxygen atoms in total. The van der Waals surface area contributed by atoms with Gasteiger partial charge in [0.2, 0.25) is 0 Å². The van der Waals surface area contributed by atoms with Gasteiger partial charge in [0.25, 0.3) is 11.8 Å². The lowest BCUT2D eigenvalue weighted by Crippen LogP contribution is -2.52. The third-order valence-corrected chi connectivity index (χ3v) is 11.5. The van der Waals surface area contributed by atoms with Gasteiger partial charge in [-0.25, -0.2) is 0 Å². The molecule has 4 heterocycles. The zero-order chi connectivity index (χ0) is 40.6. The Kier molecular flexibility index (Phi) is 11.1. The van der Waals surface area contributed by atoms with E-state index in [1.165, 1.54) is 48.4 Å². The van der Waals surface area contributed by atoms with E-state index in [2.05, 4.69) is 14.2 Å². The van der Waals surface area contributed by atoms with Crippen molar-refractivity contribution in [2.75, 3.05) is 44.9 Å². The van der Waals surface area contributed by atoms with Crippen molar-refractivity contribution in [3.63, 3.8) is 0 Å². The molecule has 1 aromatic heterocycles. The zero-order valence-electron chi connectivity index (χ0n) is 31.8. The lowest BCUT2D eigenvalue weighted by atomic mass is 9.92. The summed E-state index contributed by atoms with van der Waals surface area (Å²) >= 11 is 6.71. The number of morpholine rings is 1. The normalized spacial score (nSPS) is 17.0. The number of rotatable bonds is 9. The van der Waals surface area contributed by atoms with Gasteiger partial charge >= 0.3 is 6.36 Å². The number of phenolic OH excluding ortho intramolecular Hbond substituents is 1. The third-order valence-electron chi connectivity index (χ3n) is 11.1. The van der Waals surface area contributed by atoms with Crippen molar-refractivity contribution in [2.45, 2.75) is 51.2 Å². The number of nitrogens with zero attached hydrogens (tertiary/aromatic N) is 4. The van der Waals surface area contributed by atoms with Gasteiger partial charge in [0.15, 0.2) is 11.5 Å². The summed E-state index contributed by atoms with van der Waals surface area (Å²) < 4.78 is 57.7. The lowest BCUT2D eigenvalue weighted by molar-refractivity contribution is -0.275. The summed E-state index contributed by atoms with van der Waals surface area (Å²) in [6, 6.07) is 24.6. The van der Waals surface area contributed by atoms with Gasteiger partial charge in [-0.3, -0.25) is 19.4 Å². The Morgan fingerprint density at radius 3 is 2.41 bits per heavy atom. The summed E-state index contributed by atoms with van der Waals surface area (Å²) in [7, 11) is 1.22. The molecule has 1 saturated heterocycles. The molecule has 0 radical (unpaired) electrons. The molecular weight excluding hydrogens is 773 g/mol. The molecule has 302 valence electrons. The van der Waals surface area contributed by atoms with Crippen LogP contribution in [0.3, 0.4) is 0 Å². The van der Waals surface area contributed by atoms with Crippen molar-refractivity contribution in [3.05, 3.63) is 124 Å². The number of benzene rings is 4. The number of methoxy groups -OCH3 is 1. The van der Waals surface area contributed by atoms with Crippen molar-refractivity contribution in [2.24, 2.45) is 0 Å². The lowest BCUT2D eigenvalue weighted by Gasteiger charge is -2.41. The molecule has 0 saturated carbocycles. The van der Waals surface area contributed by atoms with Crippen molar-refractivity contribution >= 4 is 34.8 Å². The van der Waals surface area contributed by atoms with Gasteiger partial charge in [-0.05, 0) is 91.4 Å². The van der Waals surface area contributed by atoms with Crippen LogP contribution in [0.15, 0.2) is 91.0 Å². The van der Waals surface area contributed by atoms with E-state index in [1.54, 1.807) is 6.07 Å². The molecule has 4 aromatic carbocycles. The first kappa shape index (κ1) is 39.3. The number of hydrogen-bond donors (Lipinski definition) is 1. The van der Waals surface area contributed by atoms with E-state index in [-0.39, 0.29) is 29.1 Å². The number of hydrogen-bond acceptors (Lipinski definition) is 7. The maximum absolute atomic E-state index is 15.0. The van der Waals surface area contributed by atoms with Gasteiger partial charge in [0.05, 0.1) is 31.6 Å². The molecule has 58 heavy (non-hydrogen) atoms. The van der Waals surface area contributed by atoms with Crippen LogP contribution < -0.4 is 14.4 Å². The molecule has 2 amide bonds. The van der Waals surface area contributed by atoms with E-state index in [0.717, 1.165) is 48.8 Å². The highest BCUT2D eigenvalue weighted by atomic mass is 35.5. The Labute approximate surface area is 338 Å². The molecule has 0 aliphatic carbocycles. The average molecular weight is 815 g/mol. The van der Waals surface area contributed by atoms with Crippen molar-refractivity contribution in [1.82, 2.24) is 14.4 Å². The van der Waals surface area contributed by atoms with Crippen molar-refractivity contribution < 1.29 is 42.1 Å². The summed E-state index contributed by atoms with van der Waals surface area (Å²) in [6.07, 6.45) is -2.19. The van der Waals surface area contributed by atoms with E-state index in [0.29, 0.717) is 78.8 Å². The molecule has 3 aliphatic rings. The minimum absolute atomic E-state index is 0.0516. The second-order valence-electron chi connectivity index (χ2n) is 14.7. The molecule has 0 unspecified atom stereocenters. The maximum Gasteiger partial charge on any atom is 0.573 e. The number of aromatic hydroxyl groups is 1. The standard InChI is InChI=1S/C44H42ClF3N4O6/c1-56-40-17-14-30(24-41(40)58-44(46,47)48)52(29-12-15-32(53)16-13-29)43(55)36-25-39(50-18-5-4-11-38(36)50)33-8-2-3-9-34(33)42(54)51-26-28-7-6-10-37(45)35(28)23-31(51)27-49-19-21-57-22-20-49/h2-3,6-10,12-17,24-25,31,53H,4-5,11,18-23,26-27H2,1H3/t31-/m0/s1. The van der Waals surface area contributed by atoms with E-state index in [9.17, 15) is 27.9 Å². The van der Waals surface area contributed by atoms with E-state index >= 15 is 0 Å². The van der Waals surface area contributed by atoms with Gasteiger partial charge in [0, 0.05) is 78.1 Å². The summed E-state index contributed by atoms with van der Waals surface area (Å²) in [6.45, 7) is 4.45. The number of alkyl halides is 3. The first-order valence-electron chi connectivity index (χ1n) is 19.3. The Bertz CT molecular complexity index is 2330. The van der Waals surface area contributed by atoms with Crippen LogP contribution in [0.2, 0.25) is 5.02 Å². The van der Waals surface area contributed by atoms with Gasteiger partial charge in [-0.1, -0.05) is 41.9 Å². The van der Waals surface area contributed by atoms with E-state index in [1.807, 2.05) is 47.4 Å². The van der Waals surface area contributed by atoms with Crippen LogP contribution in [0, 0.1) is 0 Å². The third kappa shape index (κ3) is 7.98. The fraction of sp³-hybridized carbons (Fsp3) is 0.318. The minimum Gasteiger partial charge on any atom is -0.508 e. The molecule has 1 atom stereocenters. The van der Waals surface area contributed by atoms with E-state index in [4.69, 9.17) is 21.1 Å². The Morgan fingerprint density at radius 2 is 1.66 bits per heavy atom. The first-order chi connectivity index (χ1) is 28.0. The van der Waals surface area contributed by atoms with Gasteiger partial charge in [-0.15, -0.1) is 13.2 Å². The zero-order valence-corrected chi connectivity index (χ0v) is 32.6. The highest BCUT2D eigenvalue weighted by molar-refractivity contribution is 6.31. The fourth-order valence-corrected chi connectivity index (χ4v) is 8.64. The number of fused-ring (bicyclic) bond motifs is 2. The number of amides is 2. The Morgan fingerprint density at radius 1 is 0.897 bits per heavy atom. The molecule has 5 aromatic rings. The number of carbonyl (C=O) groups is 2. The monoisotopic (exact) mass is 814 g/mol. The summed E-state index contributed by atoms with van der Waals surface area (Å²) in [5.74, 6) is -1.49. The van der Waals surface area contributed by atoms with Gasteiger partial charge < -0.3 is 28.8 Å². The second kappa shape index (κ2) is 16.4. The minimum atomic E-state index is -5.02. The maximum atomic E-state index is 15.0. The smallest absolute Gasteiger partial charge is 0.508 e. The molecule has 1 N–H and O–H groups in total. The molecule has 8 rings (SSSR count). The molecule has 14 heteroatoms.